The minimum absolute atomic E-state index is 0.0154. The van der Waals surface area contributed by atoms with E-state index in [0.717, 1.165) is 49.7 Å². The molecule has 0 amide bonds. The molecule has 0 radical (unpaired) electrons. The molecule has 6 nitrogen and oxygen atoms in total. The van der Waals surface area contributed by atoms with Gasteiger partial charge in [-0.2, -0.15) is 0 Å². The lowest BCUT2D eigenvalue weighted by Crippen LogP contribution is -2.62. The second-order valence-corrected chi connectivity index (χ2v) is 14.1. The fourth-order valence-corrected chi connectivity index (χ4v) is 9.16. The summed E-state index contributed by atoms with van der Waals surface area (Å²) in [6.07, 6.45) is 5.47. The summed E-state index contributed by atoms with van der Waals surface area (Å²) >= 11 is 0. The molecule has 39 heavy (non-hydrogen) atoms. The summed E-state index contributed by atoms with van der Waals surface area (Å²) in [5.74, 6) is 1.63. The van der Waals surface area contributed by atoms with Crippen molar-refractivity contribution in [3.8, 4) is 5.75 Å². The average Bonchev–Trinajstić information content (AvgIpc) is 3.14. The predicted molar refractivity (Wildman–Crippen MR) is 151 cm³/mol. The van der Waals surface area contributed by atoms with Crippen LogP contribution in [0.5, 0.6) is 5.75 Å². The summed E-state index contributed by atoms with van der Waals surface area (Å²) in [5, 5.41) is 40.5. The SMILES string of the molecule is CC(C)c1cccc(C(C)C)c1O.C[C@]12CC[C@@H](O)C[C@H]1CC[C@@H]1[C@@H]2C(=O)C[C@@]2(C)[C@H]1CC[C@]2(O)C(=O)CO. The first-order valence-corrected chi connectivity index (χ1v) is 15.1. The summed E-state index contributed by atoms with van der Waals surface area (Å²) < 4.78 is 0. The summed E-state index contributed by atoms with van der Waals surface area (Å²) in [5.41, 5.74) is -0.310. The number of para-hydroxylation sites is 1. The van der Waals surface area contributed by atoms with Crippen molar-refractivity contribution in [2.75, 3.05) is 6.61 Å². The Morgan fingerprint density at radius 3 is 2.18 bits per heavy atom. The van der Waals surface area contributed by atoms with Gasteiger partial charge >= 0.3 is 0 Å². The van der Waals surface area contributed by atoms with Crippen molar-refractivity contribution in [1.29, 1.82) is 0 Å². The number of aliphatic hydroxyl groups excluding tert-OH is 2. The van der Waals surface area contributed by atoms with E-state index in [-0.39, 0.29) is 41.5 Å². The van der Waals surface area contributed by atoms with Crippen molar-refractivity contribution < 1.29 is 30.0 Å². The summed E-state index contributed by atoms with van der Waals surface area (Å²) in [4.78, 5) is 25.7. The number of rotatable bonds is 4. The van der Waals surface area contributed by atoms with Crippen molar-refractivity contribution in [1.82, 2.24) is 0 Å². The third kappa shape index (κ3) is 4.89. The lowest BCUT2D eigenvalue weighted by atomic mass is 9.44. The monoisotopic (exact) mass is 542 g/mol. The van der Waals surface area contributed by atoms with Gasteiger partial charge < -0.3 is 20.4 Å². The fraction of sp³-hybridized carbons (Fsp3) is 0.758. The molecule has 6 heteroatoms. The molecular weight excluding hydrogens is 492 g/mol. The number of Topliss-reactive ketones (excluding diaryl/α,β-unsaturated/α-hetero) is 2. The molecule has 4 aliphatic carbocycles. The van der Waals surface area contributed by atoms with E-state index in [2.05, 4.69) is 34.6 Å². The molecule has 4 N–H and O–H groups in total. The van der Waals surface area contributed by atoms with Gasteiger partial charge in [0.2, 0.25) is 0 Å². The van der Waals surface area contributed by atoms with Crippen LogP contribution in [0.1, 0.15) is 116 Å². The Bertz CT molecular complexity index is 1050. The number of carbonyl (C=O) groups excluding carboxylic acids is 2. The minimum Gasteiger partial charge on any atom is -0.507 e. The number of phenols is 1. The Labute approximate surface area is 234 Å². The van der Waals surface area contributed by atoms with Gasteiger partial charge in [0.25, 0.3) is 0 Å². The summed E-state index contributed by atoms with van der Waals surface area (Å²) in [7, 11) is 0. The number of aliphatic hydroxyl groups is 3. The van der Waals surface area contributed by atoms with Crippen LogP contribution in [0.4, 0.5) is 0 Å². The van der Waals surface area contributed by atoms with Crippen LogP contribution in [0.3, 0.4) is 0 Å². The molecule has 0 unspecified atom stereocenters. The average molecular weight is 543 g/mol. The molecule has 0 bridgehead atoms. The standard InChI is InChI=1S/C21H32O5.C12H18O/c1-19-7-5-13(23)9-12(19)3-4-14-15-6-8-21(26,17(25)11-22)20(15,2)10-16(24)18(14)19;1-8(2)10-6-5-7-11(9(3)4)12(10)13/h12-15,18,22-23,26H,3-11H2,1-2H3;5-9,13H,1-4H3/t12-,13-,14+,15+,18-,19+,20+,21+;/m1./s1. The molecule has 5 rings (SSSR count). The smallest absolute Gasteiger partial charge is 0.190 e. The maximum Gasteiger partial charge on any atom is 0.190 e. The van der Waals surface area contributed by atoms with Crippen LogP contribution in [0.25, 0.3) is 0 Å². The van der Waals surface area contributed by atoms with Crippen molar-refractivity contribution in [3.05, 3.63) is 29.3 Å². The third-order valence-electron chi connectivity index (χ3n) is 11.4. The zero-order valence-electron chi connectivity index (χ0n) is 24.7. The normalized spacial score (nSPS) is 39.5. The first-order chi connectivity index (χ1) is 18.2. The van der Waals surface area contributed by atoms with Crippen LogP contribution in [0.2, 0.25) is 0 Å². The number of aromatic hydroxyl groups is 1. The van der Waals surface area contributed by atoms with Crippen LogP contribution < -0.4 is 0 Å². The Kier molecular flexibility index (Phi) is 8.45. The van der Waals surface area contributed by atoms with E-state index in [1.807, 2.05) is 25.1 Å². The van der Waals surface area contributed by atoms with Gasteiger partial charge in [0.15, 0.2) is 5.78 Å². The van der Waals surface area contributed by atoms with Gasteiger partial charge in [0.1, 0.15) is 23.7 Å². The molecule has 1 aromatic rings. The second kappa shape index (κ2) is 10.9. The van der Waals surface area contributed by atoms with E-state index in [0.29, 0.717) is 29.9 Å². The molecule has 4 aliphatic rings. The van der Waals surface area contributed by atoms with E-state index in [1.54, 1.807) is 0 Å². The zero-order valence-corrected chi connectivity index (χ0v) is 24.7. The molecule has 0 spiro atoms. The number of phenolic OH excluding ortho intramolecular Hbond substituents is 1. The van der Waals surface area contributed by atoms with Crippen molar-refractivity contribution >= 4 is 11.6 Å². The Balaban J connectivity index is 0.000000229. The van der Waals surface area contributed by atoms with E-state index < -0.39 is 23.4 Å². The van der Waals surface area contributed by atoms with Gasteiger partial charge in [-0.05, 0) is 91.1 Å². The van der Waals surface area contributed by atoms with Crippen LogP contribution in [-0.2, 0) is 9.59 Å². The van der Waals surface area contributed by atoms with E-state index in [9.17, 15) is 30.0 Å². The van der Waals surface area contributed by atoms with Gasteiger partial charge in [-0.3, -0.25) is 9.59 Å². The lowest BCUT2D eigenvalue weighted by Gasteiger charge is -2.60. The highest BCUT2D eigenvalue weighted by molar-refractivity contribution is 5.92. The Morgan fingerprint density at radius 2 is 1.62 bits per heavy atom. The van der Waals surface area contributed by atoms with E-state index in [1.165, 1.54) is 0 Å². The Morgan fingerprint density at radius 1 is 1.00 bits per heavy atom. The molecule has 8 atom stereocenters. The molecule has 4 saturated carbocycles. The van der Waals surface area contributed by atoms with Crippen LogP contribution in [-0.4, -0.2) is 50.3 Å². The van der Waals surface area contributed by atoms with E-state index >= 15 is 0 Å². The van der Waals surface area contributed by atoms with Crippen LogP contribution in [0, 0.1) is 34.5 Å². The molecule has 0 saturated heterocycles. The van der Waals surface area contributed by atoms with Gasteiger partial charge in [0.05, 0.1) is 6.10 Å². The van der Waals surface area contributed by atoms with E-state index in [4.69, 9.17) is 0 Å². The summed E-state index contributed by atoms with van der Waals surface area (Å²) in [6.45, 7) is 11.8. The maximum absolute atomic E-state index is 13.4. The van der Waals surface area contributed by atoms with Crippen molar-refractivity contribution in [2.45, 2.75) is 116 Å². The first-order valence-electron chi connectivity index (χ1n) is 15.1. The summed E-state index contributed by atoms with van der Waals surface area (Å²) in [6, 6.07) is 6.00. The highest BCUT2D eigenvalue weighted by Crippen LogP contribution is 2.67. The zero-order chi connectivity index (χ0) is 28.9. The van der Waals surface area contributed by atoms with Crippen molar-refractivity contribution in [3.63, 3.8) is 0 Å². The molecule has 1 aromatic carbocycles. The first kappa shape index (κ1) is 30.2. The molecule has 4 fully saturated rings. The lowest BCUT2D eigenvalue weighted by molar-refractivity contribution is -0.180. The van der Waals surface area contributed by atoms with Gasteiger partial charge in [-0.25, -0.2) is 0 Å². The molecular formula is C33H50O6. The largest absolute Gasteiger partial charge is 0.507 e. The molecule has 218 valence electrons. The van der Waals surface area contributed by atoms with Gasteiger partial charge in [0, 0.05) is 17.8 Å². The van der Waals surface area contributed by atoms with Crippen LogP contribution in [0.15, 0.2) is 18.2 Å². The number of benzene rings is 1. The molecule has 0 heterocycles. The van der Waals surface area contributed by atoms with Gasteiger partial charge in [-0.15, -0.1) is 0 Å². The number of hydrogen-bond acceptors (Lipinski definition) is 6. The van der Waals surface area contributed by atoms with Crippen molar-refractivity contribution in [2.24, 2.45) is 34.5 Å². The topological polar surface area (TPSA) is 115 Å². The maximum atomic E-state index is 13.4. The number of carbonyl (C=O) groups is 2. The van der Waals surface area contributed by atoms with Crippen LogP contribution >= 0.6 is 0 Å². The number of hydrogen-bond donors (Lipinski definition) is 4. The van der Waals surface area contributed by atoms with Gasteiger partial charge in [-0.1, -0.05) is 59.7 Å². The molecule has 0 aromatic heterocycles. The highest BCUT2D eigenvalue weighted by atomic mass is 16.3. The fourth-order valence-electron chi connectivity index (χ4n) is 9.16. The highest BCUT2D eigenvalue weighted by Gasteiger charge is 2.68. The third-order valence-corrected chi connectivity index (χ3v) is 11.4. The quantitative estimate of drug-likeness (QED) is 0.399. The number of fused-ring (bicyclic) bond motifs is 5. The Hall–Kier alpha value is -1.76. The predicted octanol–water partition coefficient (Wildman–Crippen LogP) is 5.50. The second-order valence-electron chi connectivity index (χ2n) is 14.1. The molecule has 0 aliphatic heterocycles. The number of ketones is 2. The minimum atomic E-state index is -1.58.